The Morgan fingerprint density at radius 1 is 1.27 bits per heavy atom. The Kier molecular flexibility index (Phi) is 5.83. The first-order valence-corrected chi connectivity index (χ1v) is 9.48. The molecule has 1 aromatic heterocycles. The molecule has 140 valence electrons. The SMILES string of the molecule is CCOC(=O)c1cc(C(=O)NC(C)c2ccc(S(N)(=O)=O)cc2)[nH]c1C. The molecular weight excluding hydrogens is 358 g/mol. The maximum absolute atomic E-state index is 12.4. The summed E-state index contributed by atoms with van der Waals surface area (Å²) in [5, 5.41) is 7.84. The molecule has 0 aliphatic carbocycles. The summed E-state index contributed by atoms with van der Waals surface area (Å²) in [6, 6.07) is 6.98. The maximum Gasteiger partial charge on any atom is 0.339 e. The second-order valence-corrected chi connectivity index (χ2v) is 7.31. The number of benzene rings is 1. The Labute approximate surface area is 151 Å². The summed E-state index contributed by atoms with van der Waals surface area (Å²) in [5.74, 6) is -0.890. The molecule has 4 N–H and O–H groups in total. The first kappa shape index (κ1) is 19.7. The van der Waals surface area contributed by atoms with Crippen molar-refractivity contribution in [3.8, 4) is 0 Å². The number of aromatic nitrogens is 1. The number of carbonyl (C=O) groups is 2. The topological polar surface area (TPSA) is 131 Å². The second-order valence-electron chi connectivity index (χ2n) is 5.75. The molecule has 1 unspecified atom stereocenters. The van der Waals surface area contributed by atoms with Gasteiger partial charge in [-0.3, -0.25) is 4.79 Å². The fourth-order valence-electron chi connectivity index (χ4n) is 2.41. The third-order valence-corrected chi connectivity index (χ3v) is 4.74. The van der Waals surface area contributed by atoms with Gasteiger partial charge >= 0.3 is 5.97 Å². The molecule has 1 atom stereocenters. The molecule has 2 rings (SSSR count). The summed E-state index contributed by atoms with van der Waals surface area (Å²) < 4.78 is 27.5. The Morgan fingerprint density at radius 3 is 2.42 bits per heavy atom. The predicted molar refractivity (Wildman–Crippen MR) is 95.2 cm³/mol. The Balaban J connectivity index is 2.12. The minimum Gasteiger partial charge on any atom is -0.462 e. The van der Waals surface area contributed by atoms with Crippen LogP contribution >= 0.6 is 0 Å². The number of amides is 1. The van der Waals surface area contributed by atoms with Crippen LogP contribution in [-0.2, 0) is 14.8 Å². The number of hydrogen-bond donors (Lipinski definition) is 3. The largest absolute Gasteiger partial charge is 0.462 e. The zero-order valence-corrected chi connectivity index (χ0v) is 15.5. The average Bonchev–Trinajstić information content (AvgIpc) is 2.96. The first-order chi connectivity index (χ1) is 12.1. The fourth-order valence-corrected chi connectivity index (χ4v) is 2.92. The van der Waals surface area contributed by atoms with Crippen LogP contribution < -0.4 is 10.5 Å². The van der Waals surface area contributed by atoms with E-state index in [0.717, 1.165) is 0 Å². The van der Waals surface area contributed by atoms with Gasteiger partial charge in [-0.1, -0.05) is 12.1 Å². The molecule has 0 aliphatic heterocycles. The monoisotopic (exact) mass is 379 g/mol. The van der Waals surface area contributed by atoms with E-state index in [1.807, 2.05) is 0 Å². The number of nitrogens with two attached hydrogens (primary N) is 1. The van der Waals surface area contributed by atoms with Gasteiger partial charge in [-0.2, -0.15) is 0 Å². The smallest absolute Gasteiger partial charge is 0.339 e. The van der Waals surface area contributed by atoms with E-state index in [-0.39, 0.29) is 23.2 Å². The lowest BCUT2D eigenvalue weighted by molar-refractivity contribution is 0.0525. The van der Waals surface area contributed by atoms with E-state index in [4.69, 9.17) is 9.88 Å². The van der Waals surface area contributed by atoms with E-state index in [1.165, 1.54) is 18.2 Å². The number of aromatic amines is 1. The third-order valence-electron chi connectivity index (χ3n) is 3.81. The van der Waals surface area contributed by atoms with Crippen molar-refractivity contribution in [1.82, 2.24) is 10.3 Å². The van der Waals surface area contributed by atoms with E-state index in [2.05, 4.69) is 10.3 Å². The molecular formula is C17H21N3O5S. The summed E-state index contributed by atoms with van der Waals surface area (Å²) in [5.41, 5.74) is 1.79. The Bertz CT molecular complexity index is 916. The lowest BCUT2D eigenvalue weighted by atomic mass is 10.1. The summed E-state index contributed by atoms with van der Waals surface area (Å²) in [6.45, 7) is 5.39. The lowest BCUT2D eigenvalue weighted by Gasteiger charge is -2.14. The fraction of sp³-hybridized carbons (Fsp3) is 0.294. The quantitative estimate of drug-likeness (QED) is 0.657. The van der Waals surface area contributed by atoms with Gasteiger partial charge in [0, 0.05) is 5.69 Å². The zero-order valence-electron chi connectivity index (χ0n) is 14.7. The molecule has 0 saturated heterocycles. The van der Waals surface area contributed by atoms with Crippen molar-refractivity contribution < 1.29 is 22.7 Å². The van der Waals surface area contributed by atoms with Crippen LogP contribution in [0.2, 0.25) is 0 Å². The molecule has 0 spiro atoms. The third kappa shape index (κ3) is 4.50. The van der Waals surface area contributed by atoms with Crippen molar-refractivity contribution in [3.63, 3.8) is 0 Å². The van der Waals surface area contributed by atoms with E-state index < -0.39 is 21.9 Å². The molecule has 26 heavy (non-hydrogen) atoms. The molecule has 2 aromatic rings. The predicted octanol–water partition coefficient (Wildman–Crippen LogP) is 1.64. The molecule has 8 nitrogen and oxygen atoms in total. The van der Waals surface area contributed by atoms with Crippen LogP contribution in [0.3, 0.4) is 0 Å². The summed E-state index contributed by atoms with van der Waals surface area (Å²) in [6.07, 6.45) is 0. The van der Waals surface area contributed by atoms with Crippen LogP contribution in [0.15, 0.2) is 35.2 Å². The minimum atomic E-state index is -3.76. The van der Waals surface area contributed by atoms with Gasteiger partial charge in [-0.15, -0.1) is 0 Å². The van der Waals surface area contributed by atoms with E-state index in [1.54, 1.807) is 32.9 Å². The number of nitrogens with one attached hydrogen (secondary N) is 2. The molecule has 0 radical (unpaired) electrons. The number of carbonyl (C=O) groups excluding carboxylic acids is 2. The average molecular weight is 379 g/mol. The lowest BCUT2D eigenvalue weighted by Crippen LogP contribution is -2.27. The van der Waals surface area contributed by atoms with Gasteiger partial charge in [0.2, 0.25) is 10.0 Å². The molecule has 1 amide bonds. The van der Waals surface area contributed by atoms with Crippen molar-refractivity contribution >= 4 is 21.9 Å². The van der Waals surface area contributed by atoms with Crippen molar-refractivity contribution in [3.05, 3.63) is 52.8 Å². The molecule has 0 aliphatic rings. The number of H-pyrrole nitrogens is 1. The van der Waals surface area contributed by atoms with Gasteiger partial charge in [0.25, 0.3) is 5.91 Å². The minimum absolute atomic E-state index is 0.00107. The van der Waals surface area contributed by atoms with Gasteiger partial charge in [0.1, 0.15) is 5.69 Å². The standard InChI is InChI=1S/C17H21N3O5S/c1-4-25-17(22)14-9-15(19-11(14)3)16(21)20-10(2)12-5-7-13(8-6-12)26(18,23)24/h5-10,19H,4H2,1-3H3,(H,20,21)(H2,18,23,24). The van der Waals surface area contributed by atoms with Crippen LogP contribution in [0.25, 0.3) is 0 Å². The van der Waals surface area contributed by atoms with Crippen molar-refractivity contribution in [1.29, 1.82) is 0 Å². The number of primary sulfonamides is 1. The summed E-state index contributed by atoms with van der Waals surface area (Å²) >= 11 is 0. The molecule has 9 heteroatoms. The Hall–Kier alpha value is -2.65. The second kappa shape index (κ2) is 7.71. The molecule has 0 bridgehead atoms. The van der Waals surface area contributed by atoms with Crippen LogP contribution in [0.5, 0.6) is 0 Å². The van der Waals surface area contributed by atoms with Gasteiger partial charge in [-0.05, 0) is 44.5 Å². The van der Waals surface area contributed by atoms with Crippen molar-refractivity contribution in [2.24, 2.45) is 5.14 Å². The van der Waals surface area contributed by atoms with Gasteiger partial charge in [0.15, 0.2) is 0 Å². The van der Waals surface area contributed by atoms with Gasteiger partial charge in [-0.25, -0.2) is 18.4 Å². The maximum atomic E-state index is 12.4. The number of ether oxygens (including phenoxy) is 1. The van der Waals surface area contributed by atoms with E-state index in [0.29, 0.717) is 16.8 Å². The number of rotatable bonds is 6. The molecule has 0 fully saturated rings. The normalized spacial score (nSPS) is 12.5. The highest BCUT2D eigenvalue weighted by atomic mass is 32.2. The number of hydrogen-bond acceptors (Lipinski definition) is 5. The summed E-state index contributed by atoms with van der Waals surface area (Å²) in [4.78, 5) is 27.1. The van der Waals surface area contributed by atoms with E-state index >= 15 is 0 Å². The highest BCUT2D eigenvalue weighted by molar-refractivity contribution is 7.89. The molecule has 1 heterocycles. The van der Waals surface area contributed by atoms with Crippen LogP contribution in [0.1, 0.15) is 52.0 Å². The van der Waals surface area contributed by atoms with Crippen molar-refractivity contribution in [2.45, 2.75) is 31.7 Å². The first-order valence-electron chi connectivity index (χ1n) is 7.93. The van der Waals surface area contributed by atoms with Crippen LogP contribution in [-0.4, -0.2) is 31.9 Å². The number of aryl methyl sites for hydroxylation is 1. The van der Waals surface area contributed by atoms with Gasteiger partial charge < -0.3 is 15.0 Å². The highest BCUT2D eigenvalue weighted by Crippen LogP contribution is 2.17. The van der Waals surface area contributed by atoms with Crippen LogP contribution in [0.4, 0.5) is 0 Å². The highest BCUT2D eigenvalue weighted by Gasteiger charge is 2.19. The van der Waals surface area contributed by atoms with Gasteiger partial charge in [0.05, 0.1) is 23.1 Å². The zero-order chi connectivity index (χ0) is 19.5. The Morgan fingerprint density at radius 2 is 1.88 bits per heavy atom. The molecule has 1 aromatic carbocycles. The molecule has 0 saturated carbocycles. The van der Waals surface area contributed by atoms with Crippen LogP contribution in [0, 0.1) is 6.92 Å². The number of sulfonamides is 1. The number of esters is 1. The van der Waals surface area contributed by atoms with E-state index in [9.17, 15) is 18.0 Å². The summed E-state index contributed by atoms with van der Waals surface area (Å²) in [7, 11) is -3.76. The van der Waals surface area contributed by atoms with Crippen molar-refractivity contribution in [2.75, 3.05) is 6.61 Å².